The molecule has 2 aromatic heterocycles. The first-order valence-corrected chi connectivity index (χ1v) is 8.20. The van der Waals surface area contributed by atoms with Gasteiger partial charge >= 0.3 is 6.03 Å². The van der Waals surface area contributed by atoms with Crippen LogP contribution >= 0.6 is 0 Å². The van der Waals surface area contributed by atoms with Crippen LogP contribution in [0.3, 0.4) is 0 Å². The average Bonchev–Trinajstić information content (AvgIpc) is 3.02. The Morgan fingerprint density at radius 3 is 2.88 bits per heavy atom. The molecule has 0 spiro atoms. The lowest BCUT2D eigenvalue weighted by molar-refractivity contribution is -0.120. The summed E-state index contributed by atoms with van der Waals surface area (Å²) in [5, 5.41) is 7.38. The third-order valence-corrected chi connectivity index (χ3v) is 4.06. The third-order valence-electron chi connectivity index (χ3n) is 4.06. The molecule has 3 rings (SSSR count). The molecule has 8 nitrogen and oxygen atoms in total. The smallest absolute Gasteiger partial charge is 0.319 e. The van der Waals surface area contributed by atoms with E-state index in [1.807, 2.05) is 22.9 Å². The van der Waals surface area contributed by atoms with E-state index in [2.05, 4.69) is 15.4 Å². The van der Waals surface area contributed by atoms with Gasteiger partial charge in [-0.25, -0.2) is 4.79 Å². The van der Waals surface area contributed by atoms with Gasteiger partial charge in [-0.2, -0.15) is 5.10 Å². The predicted molar refractivity (Wildman–Crippen MR) is 91.5 cm³/mol. The van der Waals surface area contributed by atoms with Crippen LogP contribution in [-0.4, -0.2) is 57.1 Å². The molecule has 1 N–H and O–H groups in total. The highest BCUT2D eigenvalue weighted by atomic mass is 16.2. The lowest BCUT2D eigenvalue weighted by atomic mass is 10.2. The Hall–Kier alpha value is -2.90. The topological polar surface area (TPSA) is 83.4 Å². The van der Waals surface area contributed by atoms with Gasteiger partial charge in [-0.1, -0.05) is 6.07 Å². The Bertz CT molecular complexity index is 756. The summed E-state index contributed by atoms with van der Waals surface area (Å²) in [5.41, 5.74) is 2.66. The van der Waals surface area contributed by atoms with Gasteiger partial charge in [-0.15, -0.1) is 0 Å². The van der Waals surface area contributed by atoms with Crippen LogP contribution in [0.2, 0.25) is 0 Å². The maximum Gasteiger partial charge on any atom is 0.319 e. The maximum atomic E-state index is 12.1. The fraction of sp³-hybridized carbons (Fsp3) is 0.412. The van der Waals surface area contributed by atoms with Crippen LogP contribution < -0.4 is 5.32 Å². The molecule has 0 fully saturated rings. The monoisotopic (exact) mass is 342 g/mol. The predicted octanol–water partition coefficient (Wildman–Crippen LogP) is 0.634. The van der Waals surface area contributed by atoms with Crippen LogP contribution in [0.4, 0.5) is 4.79 Å². The molecule has 8 heteroatoms. The highest BCUT2D eigenvalue weighted by Crippen LogP contribution is 2.14. The first-order chi connectivity index (χ1) is 12.0. The number of nitrogens with zero attached hydrogens (tertiary/aromatic N) is 5. The van der Waals surface area contributed by atoms with Crippen molar-refractivity contribution in [2.75, 3.05) is 20.6 Å². The van der Waals surface area contributed by atoms with Gasteiger partial charge in [0.05, 0.1) is 37.4 Å². The van der Waals surface area contributed by atoms with Crippen LogP contribution in [0.1, 0.15) is 17.0 Å². The number of hydrogen-bond donors (Lipinski definition) is 1. The van der Waals surface area contributed by atoms with Crippen LogP contribution in [0.25, 0.3) is 0 Å². The average molecular weight is 342 g/mol. The SMILES string of the molecule is CN(C)C(=O)N1CCn2nc(CNC(=O)Cc3cccnc3)cc2C1. The molecular formula is C17H22N6O2. The molecule has 0 aromatic carbocycles. The molecule has 3 heterocycles. The number of aromatic nitrogens is 3. The highest BCUT2D eigenvalue weighted by Gasteiger charge is 2.23. The molecule has 0 atom stereocenters. The Balaban J connectivity index is 1.55. The second-order valence-corrected chi connectivity index (χ2v) is 6.26. The minimum atomic E-state index is -0.0663. The Morgan fingerprint density at radius 1 is 1.32 bits per heavy atom. The molecule has 0 bridgehead atoms. The van der Waals surface area contributed by atoms with E-state index in [0.717, 1.165) is 17.0 Å². The summed E-state index contributed by atoms with van der Waals surface area (Å²) in [6.45, 7) is 2.21. The molecule has 0 unspecified atom stereocenters. The lowest BCUT2D eigenvalue weighted by Crippen LogP contribution is -2.43. The molecule has 0 radical (unpaired) electrons. The first-order valence-electron chi connectivity index (χ1n) is 8.20. The fourth-order valence-electron chi connectivity index (χ4n) is 2.80. The second kappa shape index (κ2) is 7.33. The number of amides is 3. The number of hydrogen-bond acceptors (Lipinski definition) is 4. The van der Waals surface area contributed by atoms with Crippen LogP contribution in [0.15, 0.2) is 30.6 Å². The maximum absolute atomic E-state index is 12.1. The van der Waals surface area contributed by atoms with Crippen molar-refractivity contribution in [2.24, 2.45) is 0 Å². The molecule has 2 aromatic rings. The van der Waals surface area contributed by atoms with E-state index < -0.39 is 0 Å². The van der Waals surface area contributed by atoms with Gasteiger partial charge in [0.2, 0.25) is 5.91 Å². The number of carbonyl (C=O) groups excluding carboxylic acids is 2. The quantitative estimate of drug-likeness (QED) is 0.884. The van der Waals surface area contributed by atoms with E-state index in [0.29, 0.717) is 32.6 Å². The minimum Gasteiger partial charge on any atom is -0.350 e. The van der Waals surface area contributed by atoms with E-state index in [1.165, 1.54) is 0 Å². The van der Waals surface area contributed by atoms with Crippen molar-refractivity contribution >= 4 is 11.9 Å². The Kier molecular flexibility index (Phi) is 4.97. The standard InChI is InChI=1S/C17H22N6O2/c1-21(2)17(25)22-6-7-23-15(12-22)9-14(20-23)11-19-16(24)8-13-4-3-5-18-10-13/h3-5,9-10H,6-8,11-12H2,1-2H3,(H,19,24). The van der Waals surface area contributed by atoms with Gasteiger partial charge in [0.25, 0.3) is 0 Å². The summed E-state index contributed by atoms with van der Waals surface area (Å²) in [4.78, 5) is 31.4. The molecule has 25 heavy (non-hydrogen) atoms. The molecule has 0 saturated carbocycles. The van der Waals surface area contributed by atoms with Gasteiger partial charge < -0.3 is 15.1 Å². The number of rotatable bonds is 4. The van der Waals surface area contributed by atoms with Gasteiger partial charge in [0.15, 0.2) is 0 Å². The van der Waals surface area contributed by atoms with Crippen molar-refractivity contribution in [3.05, 3.63) is 47.5 Å². The number of carbonyl (C=O) groups is 2. The van der Waals surface area contributed by atoms with Crippen molar-refractivity contribution in [1.82, 2.24) is 29.9 Å². The number of fused-ring (bicyclic) bond motifs is 1. The summed E-state index contributed by atoms with van der Waals surface area (Å²) in [7, 11) is 3.49. The zero-order valence-electron chi connectivity index (χ0n) is 14.5. The largest absolute Gasteiger partial charge is 0.350 e. The van der Waals surface area contributed by atoms with Gasteiger partial charge in [0.1, 0.15) is 0 Å². The Labute approximate surface area is 146 Å². The number of nitrogens with one attached hydrogen (secondary N) is 1. The van der Waals surface area contributed by atoms with Crippen LogP contribution in [0, 0.1) is 0 Å². The first kappa shape index (κ1) is 16.9. The van der Waals surface area contributed by atoms with E-state index in [4.69, 9.17) is 0 Å². The van der Waals surface area contributed by atoms with E-state index in [1.54, 1.807) is 36.3 Å². The van der Waals surface area contributed by atoms with Crippen molar-refractivity contribution in [3.63, 3.8) is 0 Å². The van der Waals surface area contributed by atoms with Crippen molar-refractivity contribution in [3.8, 4) is 0 Å². The van der Waals surface area contributed by atoms with E-state index >= 15 is 0 Å². The van der Waals surface area contributed by atoms with E-state index in [-0.39, 0.29) is 11.9 Å². The van der Waals surface area contributed by atoms with Gasteiger partial charge in [-0.05, 0) is 17.7 Å². The number of pyridine rings is 1. The molecule has 0 aliphatic carbocycles. The zero-order valence-corrected chi connectivity index (χ0v) is 14.5. The molecule has 0 saturated heterocycles. The van der Waals surface area contributed by atoms with Crippen LogP contribution in [0.5, 0.6) is 0 Å². The van der Waals surface area contributed by atoms with Crippen molar-refractivity contribution < 1.29 is 9.59 Å². The molecule has 132 valence electrons. The molecular weight excluding hydrogens is 320 g/mol. The van der Waals surface area contributed by atoms with Gasteiger partial charge in [-0.3, -0.25) is 14.5 Å². The minimum absolute atomic E-state index is 0.00114. The molecule has 1 aliphatic rings. The summed E-state index contributed by atoms with van der Waals surface area (Å²) in [5.74, 6) is -0.0663. The second-order valence-electron chi connectivity index (χ2n) is 6.26. The number of urea groups is 1. The summed E-state index contributed by atoms with van der Waals surface area (Å²) < 4.78 is 1.90. The summed E-state index contributed by atoms with van der Waals surface area (Å²) in [6.07, 6.45) is 3.67. The van der Waals surface area contributed by atoms with E-state index in [9.17, 15) is 9.59 Å². The van der Waals surface area contributed by atoms with Crippen molar-refractivity contribution in [2.45, 2.75) is 26.1 Å². The van der Waals surface area contributed by atoms with Crippen LogP contribution in [-0.2, 0) is 30.8 Å². The summed E-state index contributed by atoms with van der Waals surface area (Å²) in [6, 6.07) is 5.63. The lowest BCUT2D eigenvalue weighted by Gasteiger charge is -2.29. The highest BCUT2D eigenvalue weighted by molar-refractivity contribution is 5.78. The normalized spacial score (nSPS) is 13.3. The van der Waals surface area contributed by atoms with Gasteiger partial charge in [0, 0.05) is 33.0 Å². The molecule has 1 aliphatic heterocycles. The Morgan fingerprint density at radius 2 is 2.16 bits per heavy atom. The third kappa shape index (κ3) is 4.14. The zero-order chi connectivity index (χ0) is 17.8. The van der Waals surface area contributed by atoms with Crippen molar-refractivity contribution in [1.29, 1.82) is 0 Å². The fourth-order valence-corrected chi connectivity index (χ4v) is 2.80. The molecule has 3 amide bonds. The summed E-state index contributed by atoms with van der Waals surface area (Å²) >= 11 is 0.